The van der Waals surface area contributed by atoms with Gasteiger partial charge in [-0.3, -0.25) is 0 Å². The van der Waals surface area contributed by atoms with E-state index in [1.165, 1.54) is 11.4 Å². The lowest BCUT2D eigenvalue weighted by Crippen LogP contribution is -1.91. The second-order valence-corrected chi connectivity index (χ2v) is 4.02. The molecular formula is C8H14N2S. The predicted molar refractivity (Wildman–Crippen MR) is 49.6 cm³/mol. The molecule has 0 aromatic carbocycles. The number of imidazole rings is 1. The molecule has 0 amide bonds. The van der Waals surface area contributed by atoms with E-state index in [1.54, 1.807) is 6.33 Å². The summed E-state index contributed by atoms with van der Waals surface area (Å²) in [5, 5.41) is 0. The lowest BCUT2D eigenvalue weighted by atomic mass is 10.3. The number of rotatable bonds is 4. The summed E-state index contributed by atoms with van der Waals surface area (Å²) in [5.41, 5.74) is 1.22. The minimum Gasteiger partial charge on any atom is -0.348 e. The fourth-order valence-electron chi connectivity index (χ4n) is 0.768. The molecule has 0 aliphatic rings. The maximum atomic E-state index is 3.95. The molecule has 0 unspecified atom stereocenters. The number of nitrogens with one attached hydrogen (secondary N) is 1. The number of H-pyrrole nitrogens is 1. The molecule has 2 nitrogen and oxygen atoms in total. The summed E-state index contributed by atoms with van der Waals surface area (Å²) < 4.78 is 0. The third kappa shape index (κ3) is 3.46. The maximum Gasteiger partial charge on any atom is 0.0921 e. The second-order valence-electron chi connectivity index (χ2n) is 2.99. The summed E-state index contributed by atoms with van der Waals surface area (Å²) in [6.07, 6.45) is 3.61. The summed E-state index contributed by atoms with van der Waals surface area (Å²) in [7, 11) is 0. The van der Waals surface area contributed by atoms with Crippen LogP contribution in [0, 0.1) is 5.92 Å². The molecule has 0 aliphatic carbocycles. The van der Waals surface area contributed by atoms with Gasteiger partial charge in [-0.2, -0.15) is 11.8 Å². The zero-order chi connectivity index (χ0) is 8.10. The SMILES string of the molecule is CC(C)CSCc1cnc[nH]1. The Morgan fingerprint density at radius 2 is 2.45 bits per heavy atom. The molecule has 62 valence electrons. The topological polar surface area (TPSA) is 28.7 Å². The van der Waals surface area contributed by atoms with Crippen LogP contribution in [0.2, 0.25) is 0 Å². The van der Waals surface area contributed by atoms with Gasteiger partial charge in [0.1, 0.15) is 0 Å². The van der Waals surface area contributed by atoms with Crippen molar-refractivity contribution in [2.24, 2.45) is 5.92 Å². The van der Waals surface area contributed by atoms with Crippen molar-refractivity contribution in [1.82, 2.24) is 9.97 Å². The number of aromatic amines is 1. The van der Waals surface area contributed by atoms with Crippen LogP contribution in [0.15, 0.2) is 12.5 Å². The molecule has 1 aromatic rings. The molecule has 0 spiro atoms. The molecule has 0 saturated carbocycles. The first-order valence-electron chi connectivity index (χ1n) is 3.84. The van der Waals surface area contributed by atoms with E-state index >= 15 is 0 Å². The van der Waals surface area contributed by atoms with Crippen LogP contribution in [0.5, 0.6) is 0 Å². The maximum absolute atomic E-state index is 3.95. The Morgan fingerprint density at radius 3 is 3.00 bits per heavy atom. The highest BCUT2D eigenvalue weighted by atomic mass is 32.2. The Hall–Kier alpha value is -0.440. The molecule has 0 radical (unpaired) electrons. The van der Waals surface area contributed by atoms with Crippen molar-refractivity contribution in [3.63, 3.8) is 0 Å². The smallest absolute Gasteiger partial charge is 0.0921 e. The highest BCUT2D eigenvalue weighted by molar-refractivity contribution is 7.98. The lowest BCUT2D eigenvalue weighted by Gasteiger charge is -2.01. The Morgan fingerprint density at radius 1 is 1.64 bits per heavy atom. The van der Waals surface area contributed by atoms with Crippen LogP contribution < -0.4 is 0 Å². The van der Waals surface area contributed by atoms with Crippen LogP contribution in [-0.4, -0.2) is 15.7 Å². The van der Waals surface area contributed by atoms with Crippen molar-refractivity contribution in [1.29, 1.82) is 0 Å². The van der Waals surface area contributed by atoms with E-state index in [0.717, 1.165) is 11.7 Å². The van der Waals surface area contributed by atoms with E-state index in [-0.39, 0.29) is 0 Å². The molecule has 3 heteroatoms. The molecule has 0 fully saturated rings. The first kappa shape index (κ1) is 8.65. The Balaban J connectivity index is 2.14. The first-order chi connectivity index (χ1) is 5.29. The number of aromatic nitrogens is 2. The van der Waals surface area contributed by atoms with Gasteiger partial charge >= 0.3 is 0 Å². The summed E-state index contributed by atoms with van der Waals surface area (Å²) in [4.78, 5) is 7.03. The third-order valence-corrected chi connectivity index (χ3v) is 2.68. The minimum atomic E-state index is 0.780. The van der Waals surface area contributed by atoms with E-state index < -0.39 is 0 Å². The van der Waals surface area contributed by atoms with E-state index in [4.69, 9.17) is 0 Å². The van der Waals surface area contributed by atoms with Crippen molar-refractivity contribution in [2.75, 3.05) is 5.75 Å². The average Bonchev–Trinajstić information content (AvgIpc) is 2.39. The lowest BCUT2D eigenvalue weighted by molar-refractivity contribution is 0.750. The number of nitrogens with zero attached hydrogens (tertiary/aromatic N) is 1. The van der Waals surface area contributed by atoms with Crippen LogP contribution in [0.3, 0.4) is 0 Å². The quantitative estimate of drug-likeness (QED) is 0.751. The molecule has 0 aliphatic heterocycles. The van der Waals surface area contributed by atoms with Crippen LogP contribution in [0.1, 0.15) is 19.5 Å². The minimum absolute atomic E-state index is 0.780. The molecule has 1 heterocycles. The Kier molecular flexibility index (Phi) is 3.49. The van der Waals surface area contributed by atoms with Gasteiger partial charge in [0.25, 0.3) is 0 Å². The van der Waals surface area contributed by atoms with Gasteiger partial charge in [0, 0.05) is 17.6 Å². The van der Waals surface area contributed by atoms with E-state index in [2.05, 4.69) is 23.8 Å². The fourth-order valence-corrected chi connectivity index (χ4v) is 1.74. The summed E-state index contributed by atoms with van der Waals surface area (Å²) in [5.74, 6) is 3.06. The van der Waals surface area contributed by atoms with Gasteiger partial charge in [0.2, 0.25) is 0 Å². The summed E-state index contributed by atoms with van der Waals surface area (Å²) >= 11 is 1.95. The second kappa shape index (κ2) is 4.44. The summed E-state index contributed by atoms with van der Waals surface area (Å²) in [6.45, 7) is 4.47. The molecule has 1 aromatic heterocycles. The molecule has 1 N–H and O–H groups in total. The molecule has 11 heavy (non-hydrogen) atoms. The van der Waals surface area contributed by atoms with Crippen molar-refractivity contribution in [3.8, 4) is 0 Å². The standard InChI is InChI=1S/C8H14N2S/c1-7(2)4-11-5-8-3-9-6-10-8/h3,6-7H,4-5H2,1-2H3,(H,9,10). The van der Waals surface area contributed by atoms with Gasteiger partial charge in [0.05, 0.1) is 6.33 Å². The van der Waals surface area contributed by atoms with Gasteiger partial charge in [0.15, 0.2) is 0 Å². The molecular weight excluding hydrogens is 156 g/mol. The van der Waals surface area contributed by atoms with E-state index in [0.29, 0.717) is 0 Å². The summed E-state index contributed by atoms with van der Waals surface area (Å²) in [6, 6.07) is 0. The van der Waals surface area contributed by atoms with E-state index in [1.807, 2.05) is 18.0 Å². The number of hydrogen-bond donors (Lipinski definition) is 1. The van der Waals surface area contributed by atoms with Gasteiger partial charge < -0.3 is 4.98 Å². The van der Waals surface area contributed by atoms with Crippen LogP contribution in [0.4, 0.5) is 0 Å². The van der Waals surface area contributed by atoms with Gasteiger partial charge in [-0.25, -0.2) is 4.98 Å². The zero-order valence-corrected chi connectivity index (χ0v) is 7.82. The number of hydrogen-bond acceptors (Lipinski definition) is 2. The average molecular weight is 170 g/mol. The normalized spacial score (nSPS) is 10.8. The number of thioether (sulfide) groups is 1. The van der Waals surface area contributed by atoms with Crippen molar-refractivity contribution in [2.45, 2.75) is 19.6 Å². The van der Waals surface area contributed by atoms with Gasteiger partial charge in [-0.15, -0.1) is 0 Å². The highest BCUT2D eigenvalue weighted by Gasteiger charge is 1.96. The first-order valence-corrected chi connectivity index (χ1v) is 4.99. The third-order valence-electron chi connectivity index (χ3n) is 1.26. The molecule has 1 rings (SSSR count). The largest absolute Gasteiger partial charge is 0.348 e. The molecule has 0 atom stereocenters. The zero-order valence-electron chi connectivity index (χ0n) is 7.00. The van der Waals surface area contributed by atoms with Crippen LogP contribution in [-0.2, 0) is 5.75 Å². The van der Waals surface area contributed by atoms with Crippen LogP contribution in [0.25, 0.3) is 0 Å². The predicted octanol–water partition coefficient (Wildman–Crippen LogP) is 2.30. The Labute approximate surface area is 71.8 Å². The van der Waals surface area contributed by atoms with Crippen molar-refractivity contribution < 1.29 is 0 Å². The van der Waals surface area contributed by atoms with Crippen LogP contribution >= 0.6 is 11.8 Å². The van der Waals surface area contributed by atoms with Gasteiger partial charge in [-0.05, 0) is 11.7 Å². The van der Waals surface area contributed by atoms with Gasteiger partial charge in [-0.1, -0.05) is 13.8 Å². The van der Waals surface area contributed by atoms with Crippen molar-refractivity contribution >= 4 is 11.8 Å². The Bertz CT molecular complexity index is 182. The fraction of sp³-hybridized carbons (Fsp3) is 0.625. The van der Waals surface area contributed by atoms with E-state index in [9.17, 15) is 0 Å². The highest BCUT2D eigenvalue weighted by Crippen LogP contribution is 2.12. The van der Waals surface area contributed by atoms with Crippen molar-refractivity contribution in [3.05, 3.63) is 18.2 Å². The molecule has 0 bridgehead atoms. The monoisotopic (exact) mass is 170 g/mol. The molecule has 0 saturated heterocycles.